The quantitative estimate of drug-likeness (QED) is 0.345. The van der Waals surface area contributed by atoms with Gasteiger partial charge in [0.15, 0.2) is 12.4 Å². The molecule has 0 heterocycles. The van der Waals surface area contributed by atoms with E-state index in [1.54, 1.807) is 6.92 Å². The van der Waals surface area contributed by atoms with Crippen molar-refractivity contribution in [2.75, 3.05) is 6.61 Å². The number of carbonyl (C=O) groups excluding carboxylic acids is 1. The van der Waals surface area contributed by atoms with Crippen LogP contribution in [0.4, 0.5) is 11.4 Å². The minimum Gasteiger partial charge on any atom is -0.475 e. The van der Waals surface area contributed by atoms with Crippen LogP contribution in [0, 0.1) is 27.2 Å². The van der Waals surface area contributed by atoms with Crippen molar-refractivity contribution < 1.29 is 24.1 Å². The molecular weight excluding hydrogens is 320 g/mol. The van der Waals surface area contributed by atoms with Crippen LogP contribution >= 0.6 is 0 Å². The summed E-state index contributed by atoms with van der Waals surface area (Å²) >= 11 is 0. The number of esters is 1. The highest BCUT2D eigenvalue weighted by molar-refractivity contribution is 5.75. The van der Waals surface area contributed by atoms with Crippen LogP contribution in [0.1, 0.15) is 5.56 Å². The van der Waals surface area contributed by atoms with Crippen LogP contribution in [0.2, 0.25) is 0 Å². The van der Waals surface area contributed by atoms with E-state index in [-0.39, 0.29) is 22.9 Å². The average molecular weight is 332 g/mol. The molecule has 0 amide bonds. The molecule has 9 heteroatoms. The van der Waals surface area contributed by atoms with Gasteiger partial charge in [-0.25, -0.2) is 4.79 Å². The van der Waals surface area contributed by atoms with Gasteiger partial charge in [0, 0.05) is 12.1 Å². The number of benzene rings is 2. The van der Waals surface area contributed by atoms with Gasteiger partial charge in [0.25, 0.3) is 0 Å². The van der Waals surface area contributed by atoms with Crippen LogP contribution in [0.25, 0.3) is 0 Å². The molecule has 0 saturated heterocycles. The summed E-state index contributed by atoms with van der Waals surface area (Å²) < 4.78 is 10.0. The minimum absolute atomic E-state index is 0.0989. The van der Waals surface area contributed by atoms with Crippen molar-refractivity contribution in [3.8, 4) is 11.5 Å². The van der Waals surface area contributed by atoms with Gasteiger partial charge in [0.1, 0.15) is 0 Å². The first-order chi connectivity index (χ1) is 11.4. The minimum atomic E-state index is -0.915. The molecule has 0 spiro atoms. The molecule has 0 N–H and O–H groups in total. The van der Waals surface area contributed by atoms with Crippen LogP contribution in [-0.2, 0) is 4.79 Å². The van der Waals surface area contributed by atoms with E-state index in [2.05, 4.69) is 0 Å². The lowest BCUT2D eigenvalue weighted by Gasteiger charge is -2.08. The number of carbonyl (C=O) groups is 1. The van der Waals surface area contributed by atoms with E-state index in [1.807, 2.05) is 0 Å². The Morgan fingerprint density at radius 1 is 1.00 bits per heavy atom. The monoisotopic (exact) mass is 332 g/mol. The fraction of sp³-hybridized carbons (Fsp3) is 0.133. The highest BCUT2D eigenvalue weighted by Crippen LogP contribution is 2.28. The molecule has 9 nitrogen and oxygen atoms in total. The van der Waals surface area contributed by atoms with Crippen LogP contribution < -0.4 is 9.47 Å². The lowest BCUT2D eigenvalue weighted by molar-refractivity contribution is -0.386. The Hall–Kier alpha value is -3.49. The molecule has 2 aromatic carbocycles. The summed E-state index contributed by atoms with van der Waals surface area (Å²) in [5, 5.41) is 21.8. The number of para-hydroxylation sites is 2. The molecule has 0 atom stereocenters. The summed E-state index contributed by atoms with van der Waals surface area (Å²) in [7, 11) is 0. The first-order valence-electron chi connectivity index (χ1n) is 6.70. The number of ether oxygens (including phenoxy) is 2. The second kappa shape index (κ2) is 7.18. The second-order valence-corrected chi connectivity index (χ2v) is 4.72. The number of nitrogens with zero attached hydrogens (tertiary/aromatic N) is 2. The summed E-state index contributed by atoms with van der Waals surface area (Å²) in [6.07, 6.45) is 0. The van der Waals surface area contributed by atoms with Crippen molar-refractivity contribution in [2.45, 2.75) is 6.92 Å². The molecule has 2 aromatic rings. The predicted molar refractivity (Wildman–Crippen MR) is 82.1 cm³/mol. The maximum absolute atomic E-state index is 11.8. The Labute approximate surface area is 135 Å². The zero-order chi connectivity index (χ0) is 17.7. The number of hydrogen-bond donors (Lipinski definition) is 0. The third-order valence-corrected chi connectivity index (χ3v) is 2.94. The van der Waals surface area contributed by atoms with Gasteiger partial charge < -0.3 is 9.47 Å². The molecule has 0 fully saturated rings. The Kier molecular flexibility index (Phi) is 5.05. The van der Waals surface area contributed by atoms with E-state index in [4.69, 9.17) is 9.47 Å². The zero-order valence-electron chi connectivity index (χ0n) is 12.5. The molecule has 0 aliphatic heterocycles. The third kappa shape index (κ3) is 4.03. The smallest absolute Gasteiger partial charge is 0.349 e. The van der Waals surface area contributed by atoms with E-state index < -0.39 is 22.4 Å². The Morgan fingerprint density at radius 3 is 2.29 bits per heavy atom. The zero-order valence-corrected chi connectivity index (χ0v) is 12.5. The Morgan fingerprint density at radius 2 is 1.62 bits per heavy atom. The van der Waals surface area contributed by atoms with Gasteiger partial charge in [-0.3, -0.25) is 20.2 Å². The van der Waals surface area contributed by atoms with Gasteiger partial charge in [0.2, 0.25) is 5.75 Å². The molecule has 124 valence electrons. The highest BCUT2D eigenvalue weighted by Gasteiger charge is 2.20. The number of rotatable bonds is 6. The molecule has 0 bridgehead atoms. The molecule has 0 aromatic heterocycles. The summed E-state index contributed by atoms with van der Waals surface area (Å²) in [4.78, 5) is 32.3. The van der Waals surface area contributed by atoms with Gasteiger partial charge >= 0.3 is 17.3 Å². The van der Waals surface area contributed by atoms with Crippen molar-refractivity contribution in [1.29, 1.82) is 0 Å². The fourth-order valence-electron chi connectivity index (χ4n) is 1.87. The van der Waals surface area contributed by atoms with Crippen LogP contribution in [-0.4, -0.2) is 22.4 Å². The van der Waals surface area contributed by atoms with Crippen LogP contribution in [0.5, 0.6) is 11.5 Å². The van der Waals surface area contributed by atoms with Gasteiger partial charge in [-0.2, -0.15) is 0 Å². The highest BCUT2D eigenvalue weighted by atomic mass is 16.6. The molecular formula is C15H12N2O7. The van der Waals surface area contributed by atoms with Crippen molar-refractivity contribution in [2.24, 2.45) is 0 Å². The van der Waals surface area contributed by atoms with E-state index >= 15 is 0 Å². The molecule has 0 aliphatic rings. The van der Waals surface area contributed by atoms with Crippen molar-refractivity contribution in [3.05, 3.63) is 68.3 Å². The van der Waals surface area contributed by atoms with Gasteiger partial charge in [-0.15, -0.1) is 0 Å². The Bertz CT molecular complexity index is 804. The van der Waals surface area contributed by atoms with E-state index in [0.29, 0.717) is 5.56 Å². The van der Waals surface area contributed by atoms with Crippen LogP contribution in [0.3, 0.4) is 0 Å². The normalized spacial score (nSPS) is 10.0. The SMILES string of the molecule is Cc1ccc([N+](=O)[O-])c(OC(=O)COc2ccccc2[N+](=O)[O-])c1. The van der Waals surface area contributed by atoms with E-state index in [9.17, 15) is 25.0 Å². The van der Waals surface area contributed by atoms with Crippen molar-refractivity contribution in [3.63, 3.8) is 0 Å². The topological polar surface area (TPSA) is 122 Å². The molecule has 24 heavy (non-hydrogen) atoms. The number of nitro benzene ring substituents is 2. The molecule has 0 saturated carbocycles. The van der Waals surface area contributed by atoms with Crippen LogP contribution in [0.15, 0.2) is 42.5 Å². The maximum Gasteiger partial charge on any atom is 0.349 e. The lowest BCUT2D eigenvalue weighted by atomic mass is 10.2. The molecule has 0 radical (unpaired) electrons. The van der Waals surface area contributed by atoms with E-state index in [1.165, 1.54) is 42.5 Å². The third-order valence-electron chi connectivity index (χ3n) is 2.94. The second-order valence-electron chi connectivity index (χ2n) is 4.72. The first-order valence-corrected chi connectivity index (χ1v) is 6.70. The molecule has 0 unspecified atom stereocenters. The van der Waals surface area contributed by atoms with Gasteiger partial charge in [-0.05, 0) is 24.6 Å². The lowest BCUT2D eigenvalue weighted by Crippen LogP contribution is -2.18. The summed E-state index contributed by atoms with van der Waals surface area (Å²) in [5.41, 5.74) is 0.00879. The van der Waals surface area contributed by atoms with Crippen molar-refractivity contribution in [1.82, 2.24) is 0 Å². The van der Waals surface area contributed by atoms with Gasteiger partial charge in [-0.1, -0.05) is 18.2 Å². The number of hydrogen-bond acceptors (Lipinski definition) is 7. The summed E-state index contributed by atoms with van der Waals surface area (Å²) in [5.74, 6) is -1.23. The standard InChI is InChI=1S/C15H12N2O7/c1-10-6-7-12(17(21)22)14(8-10)24-15(18)9-23-13-5-3-2-4-11(13)16(19)20/h2-8H,9H2,1H3. The first kappa shape index (κ1) is 16.9. The summed E-state index contributed by atoms with van der Waals surface area (Å²) in [6.45, 7) is 1.06. The van der Waals surface area contributed by atoms with Crippen molar-refractivity contribution >= 4 is 17.3 Å². The maximum atomic E-state index is 11.8. The number of nitro groups is 2. The van der Waals surface area contributed by atoms with E-state index in [0.717, 1.165) is 0 Å². The predicted octanol–water partition coefficient (Wildman–Crippen LogP) is 2.80. The largest absolute Gasteiger partial charge is 0.475 e. The fourth-order valence-corrected chi connectivity index (χ4v) is 1.87. The average Bonchev–Trinajstić information content (AvgIpc) is 2.53. The van der Waals surface area contributed by atoms with Gasteiger partial charge in [0.05, 0.1) is 9.85 Å². The summed E-state index contributed by atoms with van der Waals surface area (Å²) in [6, 6.07) is 9.62. The Balaban J connectivity index is 2.09. The molecule has 2 rings (SSSR count). The number of aryl methyl sites for hydroxylation is 1. The molecule has 0 aliphatic carbocycles.